The number of rotatable bonds is 10. The zero-order valence-corrected chi connectivity index (χ0v) is 20.9. The fraction of sp³-hybridized carbons (Fsp3) is 0.310. The Morgan fingerprint density at radius 1 is 0.943 bits per heavy atom. The lowest BCUT2D eigenvalue weighted by atomic mass is 9.98. The summed E-state index contributed by atoms with van der Waals surface area (Å²) in [6.07, 6.45) is -0.924. The molecule has 3 aromatic rings. The fourth-order valence-electron chi connectivity index (χ4n) is 3.95. The van der Waals surface area contributed by atoms with E-state index in [1.54, 1.807) is 27.0 Å². The number of ether oxygens (including phenoxy) is 2. The minimum absolute atomic E-state index is 0.183. The van der Waals surface area contributed by atoms with Gasteiger partial charge in [0.05, 0.1) is 13.2 Å². The second kappa shape index (κ2) is 11.7. The highest BCUT2D eigenvalue weighted by Gasteiger charge is 2.21. The van der Waals surface area contributed by atoms with Gasteiger partial charge in [0.2, 0.25) is 0 Å². The van der Waals surface area contributed by atoms with E-state index < -0.39 is 12.1 Å². The largest absolute Gasteiger partial charge is 0.496 e. The number of hydrogen-bond donors (Lipinski definition) is 2. The van der Waals surface area contributed by atoms with Gasteiger partial charge in [-0.1, -0.05) is 54.1 Å². The van der Waals surface area contributed by atoms with E-state index in [9.17, 15) is 14.7 Å². The molecule has 0 saturated carbocycles. The van der Waals surface area contributed by atoms with Crippen molar-refractivity contribution in [3.63, 3.8) is 0 Å². The molecule has 0 radical (unpaired) electrons. The first kappa shape index (κ1) is 26.0. The zero-order chi connectivity index (χ0) is 25.5. The topological polar surface area (TPSA) is 84.9 Å². The van der Waals surface area contributed by atoms with E-state index in [2.05, 4.69) is 36.5 Å². The van der Waals surface area contributed by atoms with Gasteiger partial charge in [0.15, 0.2) is 6.10 Å². The van der Waals surface area contributed by atoms with Gasteiger partial charge in [0.25, 0.3) is 5.91 Å². The van der Waals surface area contributed by atoms with Crippen molar-refractivity contribution in [2.75, 3.05) is 7.11 Å². The maximum Gasteiger partial charge on any atom is 0.333 e. The summed E-state index contributed by atoms with van der Waals surface area (Å²) in [5, 5.41) is 12.4. The third-order valence-electron chi connectivity index (χ3n) is 5.77. The lowest BCUT2D eigenvalue weighted by Crippen LogP contribution is -2.29. The van der Waals surface area contributed by atoms with E-state index in [1.165, 1.54) is 5.56 Å². The fourth-order valence-corrected chi connectivity index (χ4v) is 3.95. The van der Waals surface area contributed by atoms with Crippen LogP contribution in [0.2, 0.25) is 0 Å². The third kappa shape index (κ3) is 6.93. The Morgan fingerprint density at radius 3 is 2.23 bits per heavy atom. The van der Waals surface area contributed by atoms with Crippen molar-refractivity contribution in [1.29, 1.82) is 0 Å². The summed E-state index contributed by atoms with van der Waals surface area (Å²) in [6, 6.07) is 19.6. The summed E-state index contributed by atoms with van der Waals surface area (Å²) in [7, 11) is 1.57. The standard InChI is InChI=1S/C29H33NO5/c1-18(2)35-27(29(32)33)16-21-8-13-26(34-5)24(15-21)17-30-28(31)25-12-11-23(14-20(25)4)22-9-6-19(3)7-10-22/h6-15,18,27H,16-17H2,1-5H3,(H,30,31)(H,32,33). The van der Waals surface area contributed by atoms with Crippen LogP contribution in [0.15, 0.2) is 60.7 Å². The summed E-state index contributed by atoms with van der Waals surface area (Å²) in [5.41, 5.74) is 6.41. The highest BCUT2D eigenvalue weighted by Crippen LogP contribution is 2.24. The van der Waals surface area contributed by atoms with E-state index >= 15 is 0 Å². The van der Waals surface area contributed by atoms with Gasteiger partial charge in [0, 0.05) is 24.1 Å². The average Bonchev–Trinajstić information content (AvgIpc) is 2.82. The average molecular weight is 476 g/mol. The highest BCUT2D eigenvalue weighted by atomic mass is 16.5. The molecule has 0 aliphatic carbocycles. The number of carbonyl (C=O) groups is 2. The molecule has 0 spiro atoms. The second-order valence-electron chi connectivity index (χ2n) is 8.94. The monoisotopic (exact) mass is 475 g/mol. The molecule has 3 rings (SSSR count). The molecule has 2 N–H and O–H groups in total. The van der Waals surface area contributed by atoms with Crippen molar-refractivity contribution in [2.45, 2.75) is 52.9 Å². The van der Waals surface area contributed by atoms with Crippen LogP contribution in [0.3, 0.4) is 0 Å². The Labute approximate surface area is 206 Å². The van der Waals surface area contributed by atoms with Crippen LogP contribution in [0.25, 0.3) is 11.1 Å². The van der Waals surface area contributed by atoms with Crippen molar-refractivity contribution in [2.24, 2.45) is 0 Å². The molecule has 6 heteroatoms. The van der Waals surface area contributed by atoms with Crippen LogP contribution in [0.5, 0.6) is 5.75 Å². The first-order chi connectivity index (χ1) is 16.7. The lowest BCUT2D eigenvalue weighted by Gasteiger charge is -2.18. The second-order valence-corrected chi connectivity index (χ2v) is 8.94. The van der Waals surface area contributed by atoms with Crippen LogP contribution in [-0.2, 0) is 22.5 Å². The van der Waals surface area contributed by atoms with E-state index in [0.717, 1.165) is 27.8 Å². The first-order valence-electron chi connectivity index (χ1n) is 11.7. The number of amides is 1. The van der Waals surface area contributed by atoms with Crippen LogP contribution in [0.4, 0.5) is 0 Å². The Balaban J connectivity index is 1.73. The Kier molecular flexibility index (Phi) is 8.66. The Morgan fingerprint density at radius 2 is 1.63 bits per heavy atom. The minimum Gasteiger partial charge on any atom is -0.496 e. The van der Waals surface area contributed by atoms with Crippen LogP contribution in [0, 0.1) is 13.8 Å². The van der Waals surface area contributed by atoms with E-state index in [-0.39, 0.29) is 25.0 Å². The number of carboxylic acid groups (broad SMARTS) is 1. The number of aliphatic carboxylic acids is 1. The number of aryl methyl sites for hydroxylation is 2. The van der Waals surface area contributed by atoms with Crippen molar-refractivity contribution < 1.29 is 24.2 Å². The van der Waals surface area contributed by atoms with E-state index in [0.29, 0.717) is 11.3 Å². The normalized spacial score (nSPS) is 11.8. The quantitative estimate of drug-likeness (QED) is 0.414. The molecule has 0 bridgehead atoms. The van der Waals surface area contributed by atoms with Crippen LogP contribution in [-0.4, -0.2) is 36.3 Å². The number of carboxylic acids is 1. The van der Waals surface area contributed by atoms with Gasteiger partial charge in [-0.3, -0.25) is 4.79 Å². The van der Waals surface area contributed by atoms with Crippen LogP contribution in [0.1, 0.15) is 46.5 Å². The molecule has 35 heavy (non-hydrogen) atoms. The smallest absolute Gasteiger partial charge is 0.333 e. The third-order valence-corrected chi connectivity index (χ3v) is 5.77. The summed E-state index contributed by atoms with van der Waals surface area (Å²) in [5.74, 6) is -0.567. The van der Waals surface area contributed by atoms with Gasteiger partial charge >= 0.3 is 5.97 Å². The van der Waals surface area contributed by atoms with Crippen LogP contribution < -0.4 is 10.1 Å². The van der Waals surface area contributed by atoms with Crippen LogP contribution >= 0.6 is 0 Å². The van der Waals surface area contributed by atoms with Crippen molar-refractivity contribution >= 4 is 11.9 Å². The minimum atomic E-state index is -1.01. The molecule has 0 aliphatic rings. The molecule has 0 aromatic heterocycles. The van der Waals surface area contributed by atoms with Gasteiger partial charge in [-0.2, -0.15) is 0 Å². The highest BCUT2D eigenvalue weighted by molar-refractivity contribution is 5.96. The number of nitrogens with one attached hydrogen (secondary N) is 1. The maximum absolute atomic E-state index is 13.0. The van der Waals surface area contributed by atoms with Gasteiger partial charge in [-0.15, -0.1) is 0 Å². The molecule has 6 nitrogen and oxygen atoms in total. The molecule has 1 amide bonds. The Hall–Kier alpha value is -3.64. The molecule has 1 unspecified atom stereocenters. The molecule has 1 atom stereocenters. The molecule has 3 aromatic carbocycles. The molecule has 0 heterocycles. The summed E-state index contributed by atoms with van der Waals surface area (Å²) < 4.78 is 11.0. The molecule has 0 aliphatic heterocycles. The zero-order valence-electron chi connectivity index (χ0n) is 20.9. The van der Waals surface area contributed by atoms with Crippen molar-refractivity contribution in [3.8, 4) is 16.9 Å². The maximum atomic E-state index is 13.0. The van der Waals surface area contributed by atoms with Crippen molar-refractivity contribution in [3.05, 3.63) is 88.5 Å². The van der Waals surface area contributed by atoms with Crippen molar-refractivity contribution in [1.82, 2.24) is 5.32 Å². The van der Waals surface area contributed by atoms with Gasteiger partial charge in [0.1, 0.15) is 5.75 Å². The predicted octanol–water partition coefficient (Wildman–Crippen LogP) is 5.33. The lowest BCUT2D eigenvalue weighted by molar-refractivity contribution is -0.153. The summed E-state index contributed by atoms with van der Waals surface area (Å²) >= 11 is 0. The number of methoxy groups -OCH3 is 1. The number of hydrogen-bond acceptors (Lipinski definition) is 4. The van der Waals surface area contributed by atoms with Gasteiger partial charge in [-0.25, -0.2) is 4.79 Å². The van der Waals surface area contributed by atoms with E-state index in [4.69, 9.17) is 9.47 Å². The Bertz CT molecular complexity index is 1180. The molecular weight excluding hydrogens is 442 g/mol. The first-order valence-corrected chi connectivity index (χ1v) is 11.7. The number of carbonyl (C=O) groups excluding carboxylic acids is 1. The number of benzene rings is 3. The van der Waals surface area contributed by atoms with E-state index in [1.807, 2.05) is 37.3 Å². The molecule has 184 valence electrons. The van der Waals surface area contributed by atoms with Gasteiger partial charge in [-0.05, 0) is 62.1 Å². The molecule has 0 fully saturated rings. The van der Waals surface area contributed by atoms with Gasteiger partial charge < -0.3 is 19.9 Å². The molecule has 0 saturated heterocycles. The molecular formula is C29H33NO5. The summed E-state index contributed by atoms with van der Waals surface area (Å²) in [4.78, 5) is 24.5. The predicted molar refractivity (Wildman–Crippen MR) is 137 cm³/mol. The SMILES string of the molecule is COc1ccc(CC(OC(C)C)C(=O)O)cc1CNC(=O)c1ccc(-c2ccc(C)cc2)cc1C. The summed E-state index contributed by atoms with van der Waals surface area (Å²) in [6.45, 7) is 7.84.